The molecule has 0 amide bonds. The number of carbonyl (C=O) groups excluding carboxylic acids is 1. The molecule has 0 aliphatic heterocycles. The van der Waals surface area contributed by atoms with E-state index in [9.17, 15) is 18.7 Å². The predicted molar refractivity (Wildman–Crippen MR) is 66.4 cm³/mol. The third-order valence-electron chi connectivity index (χ3n) is 2.36. The van der Waals surface area contributed by atoms with Crippen molar-refractivity contribution in [3.63, 3.8) is 0 Å². The molecule has 0 heterocycles. The summed E-state index contributed by atoms with van der Waals surface area (Å²) in [5.41, 5.74) is -0.617. The predicted octanol–water partition coefficient (Wildman–Crippen LogP) is 3.12. The molecule has 1 aromatic rings. The monoisotopic (exact) mass is 272 g/mol. The van der Waals surface area contributed by atoms with Gasteiger partial charge in [-0.1, -0.05) is 6.07 Å². The summed E-state index contributed by atoms with van der Waals surface area (Å²) in [6.45, 7) is 5.21. The Morgan fingerprint density at radius 1 is 1.37 bits per heavy atom. The lowest BCUT2D eigenvalue weighted by Crippen LogP contribution is -2.24. The molecule has 106 valence electrons. The maximum absolute atomic E-state index is 13.4. The first kappa shape index (κ1) is 15.6. The van der Waals surface area contributed by atoms with Crippen LogP contribution in [0.15, 0.2) is 18.2 Å². The van der Waals surface area contributed by atoms with E-state index in [0.29, 0.717) is 6.07 Å². The number of halogens is 2. The maximum Gasteiger partial charge on any atom is 0.306 e. The van der Waals surface area contributed by atoms with Gasteiger partial charge >= 0.3 is 5.97 Å². The van der Waals surface area contributed by atoms with Crippen LogP contribution in [0.3, 0.4) is 0 Å². The summed E-state index contributed by atoms with van der Waals surface area (Å²) in [6, 6.07) is 2.94. The molecule has 1 N–H and O–H groups in total. The van der Waals surface area contributed by atoms with Crippen LogP contribution in [0.5, 0.6) is 0 Å². The van der Waals surface area contributed by atoms with Crippen LogP contribution in [0.4, 0.5) is 8.78 Å². The van der Waals surface area contributed by atoms with Crippen LogP contribution >= 0.6 is 0 Å². The van der Waals surface area contributed by atoms with Crippen LogP contribution in [0.1, 0.15) is 45.3 Å². The van der Waals surface area contributed by atoms with Crippen LogP contribution in [0.2, 0.25) is 0 Å². The van der Waals surface area contributed by atoms with Gasteiger partial charge < -0.3 is 9.84 Å². The molecule has 0 aliphatic carbocycles. The summed E-state index contributed by atoms with van der Waals surface area (Å²) >= 11 is 0. The van der Waals surface area contributed by atoms with Gasteiger partial charge in [0.2, 0.25) is 0 Å². The van der Waals surface area contributed by atoms with Crippen LogP contribution in [-0.4, -0.2) is 16.7 Å². The fourth-order valence-corrected chi connectivity index (χ4v) is 1.57. The molecule has 0 radical (unpaired) electrons. The number of ether oxygens (including phenoxy) is 1. The first-order valence-corrected chi connectivity index (χ1v) is 6.04. The lowest BCUT2D eigenvalue weighted by molar-refractivity contribution is -0.155. The summed E-state index contributed by atoms with van der Waals surface area (Å²) in [7, 11) is 0. The van der Waals surface area contributed by atoms with Crippen LogP contribution in [-0.2, 0) is 9.53 Å². The van der Waals surface area contributed by atoms with Crippen molar-refractivity contribution in [3.8, 4) is 0 Å². The fourth-order valence-electron chi connectivity index (χ4n) is 1.57. The van der Waals surface area contributed by atoms with Crippen molar-refractivity contribution in [2.45, 2.75) is 45.3 Å². The minimum Gasteiger partial charge on any atom is -0.460 e. The molecule has 0 spiro atoms. The second-order valence-electron chi connectivity index (χ2n) is 5.31. The van der Waals surface area contributed by atoms with Crippen molar-refractivity contribution in [1.82, 2.24) is 0 Å². The summed E-state index contributed by atoms with van der Waals surface area (Å²) in [6.07, 6.45) is -1.17. The minimum atomic E-state index is -1.16. The van der Waals surface area contributed by atoms with Gasteiger partial charge in [0, 0.05) is 18.1 Å². The highest BCUT2D eigenvalue weighted by Crippen LogP contribution is 2.22. The maximum atomic E-state index is 13.4. The Morgan fingerprint density at radius 3 is 2.53 bits per heavy atom. The SMILES string of the molecule is CC(C)(C)OC(=O)CCC(O)c1ccc(F)cc1F. The van der Waals surface area contributed by atoms with Crippen molar-refractivity contribution in [1.29, 1.82) is 0 Å². The molecule has 1 aromatic carbocycles. The van der Waals surface area contributed by atoms with E-state index in [1.54, 1.807) is 20.8 Å². The van der Waals surface area contributed by atoms with Gasteiger partial charge in [-0.25, -0.2) is 8.78 Å². The molecular weight excluding hydrogens is 254 g/mol. The van der Waals surface area contributed by atoms with Crippen molar-refractivity contribution in [2.75, 3.05) is 0 Å². The Labute approximate surface area is 111 Å². The van der Waals surface area contributed by atoms with Gasteiger partial charge in [-0.2, -0.15) is 0 Å². The molecule has 0 fully saturated rings. The molecule has 19 heavy (non-hydrogen) atoms. The van der Waals surface area contributed by atoms with Gasteiger partial charge in [0.25, 0.3) is 0 Å². The Morgan fingerprint density at radius 2 is 2.00 bits per heavy atom. The Hall–Kier alpha value is -1.49. The Bertz CT molecular complexity index is 452. The standard InChI is InChI=1S/C14H18F2O3/c1-14(2,3)19-13(18)7-6-12(17)10-5-4-9(15)8-11(10)16/h4-5,8,12,17H,6-7H2,1-3H3. The molecule has 1 unspecified atom stereocenters. The van der Waals surface area contributed by atoms with E-state index in [2.05, 4.69) is 0 Å². The van der Waals surface area contributed by atoms with Crippen molar-refractivity contribution in [2.24, 2.45) is 0 Å². The van der Waals surface area contributed by atoms with Gasteiger partial charge in [-0.05, 0) is 33.3 Å². The average molecular weight is 272 g/mol. The van der Waals surface area contributed by atoms with E-state index < -0.39 is 29.3 Å². The fraction of sp³-hybridized carbons (Fsp3) is 0.500. The van der Waals surface area contributed by atoms with E-state index in [1.165, 1.54) is 6.07 Å². The Kier molecular flexibility index (Phi) is 5.00. The van der Waals surface area contributed by atoms with Crippen LogP contribution in [0, 0.1) is 11.6 Å². The zero-order chi connectivity index (χ0) is 14.6. The summed E-state index contributed by atoms with van der Waals surface area (Å²) in [4.78, 5) is 11.4. The van der Waals surface area contributed by atoms with E-state index >= 15 is 0 Å². The van der Waals surface area contributed by atoms with Crippen LogP contribution in [0.25, 0.3) is 0 Å². The van der Waals surface area contributed by atoms with E-state index in [1.807, 2.05) is 0 Å². The molecule has 0 saturated heterocycles. The smallest absolute Gasteiger partial charge is 0.306 e. The molecule has 0 aliphatic rings. The Balaban J connectivity index is 2.56. The second-order valence-corrected chi connectivity index (χ2v) is 5.31. The zero-order valence-corrected chi connectivity index (χ0v) is 11.2. The quantitative estimate of drug-likeness (QED) is 0.857. The normalized spacial score (nSPS) is 13.2. The lowest BCUT2D eigenvalue weighted by atomic mass is 10.0. The minimum absolute atomic E-state index is 0.0232. The lowest BCUT2D eigenvalue weighted by Gasteiger charge is -2.20. The number of aliphatic hydroxyl groups excluding tert-OH is 1. The number of hydrogen-bond acceptors (Lipinski definition) is 3. The summed E-state index contributed by atoms with van der Waals surface area (Å²) < 4.78 is 31.2. The third-order valence-corrected chi connectivity index (χ3v) is 2.36. The molecule has 1 atom stereocenters. The third kappa shape index (κ3) is 5.34. The number of carbonyl (C=O) groups is 1. The first-order valence-electron chi connectivity index (χ1n) is 6.04. The summed E-state index contributed by atoms with van der Waals surface area (Å²) in [5.74, 6) is -1.99. The highest BCUT2D eigenvalue weighted by Gasteiger charge is 2.19. The topological polar surface area (TPSA) is 46.5 Å². The van der Waals surface area contributed by atoms with E-state index in [-0.39, 0.29) is 18.4 Å². The van der Waals surface area contributed by atoms with Gasteiger partial charge in [0.05, 0.1) is 6.10 Å². The van der Waals surface area contributed by atoms with Crippen molar-refractivity contribution in [3.05, 3.63) is 35.4 Å². The first-order chi connectivity index (χ1) is 8.69. The van der Waals surface area contributed by atoms with Crippen molar-refractivity contribution < 1.29 is 23.4 Å². The molecule has 1 rings (SSSR count). The molecule has 0 aromatic heterocycles. The number of aliphatic hydroxyl groups is 1. The summed E-state index contributed by atoms with van der Waals surface area (Å²) in [5, 5.41) is 9.77. The van der Waals surface area contributed by atoms with Gasteiger partial charge in [0.15, 0.2) is 0 Å². The molecular formula is C14H18F2O3. The number of rotatable bonds is 4. The molecule has 3 nitrogen and oxygen atoms in total. The average Bonchev–Trinajstić information content (AvgIpc) is 2.23. The number of hydrogen-bond donors (Lipinski definition) is 1. The molecule has 0 saturated carbocycles. The molecule has 5 heteroatoms. The van der Waals surface area contributed by atoms with E-state index in [0.717, 1.165) is 6.07 Å². The highest BCUT2D eigenvalue weighted by atomic mass is 19.1. The van der Waals surface area contributed by atoms with E-state index in [4.69, 9.17) is 4.74 Å². The van der Waals surface area contributed by atoms with Gasteiger partial charge in [0.1, 0.15) is 17.2 Å². The molecule has 0 bridgehead atoms. The highest BCUT2D eigenvalue weighted by molar-refractivity contribution is 5.69. The van der Waals surface area contributed by atoms with Crippen molar-refractivity contribution >= 4 is 5.97 Å². The number of esters is 1. The largest absolute Gasteiger partial charge is 0.460 e. The van der Waals surface area contributed by atoms with Gasteiger partial charge in [-0.15, -0.1) is 0 Å². The zero-order valence-electron chi connectivity index (χ0n) is 11.2. The van der Waals surface area contributed by atoms with Crippen LogP contribution < -0.4 is 0 Å². The number of benzene rings is 1. The second kappa shape index (κ2) is 6.10. The van der Waals surface area contributed by atoms with Gasteiger partial charge in [-0.3, -0.25) is 4.79 Å².